The number of nitrogens with one attached hydrogen (secondary N) is 2. The Bertz CT molecular complexity index is 848. The molecule has 0 heterocycles. The highest BCUT2D eigenvalue weighted by Crippen LogP contribution is 2.21. The summed E-state index contributed by atoms with van der Waals surface area (Å²) in [6.07, 6.45) is -0.631. The summed E-state index contributed by atoms with van der Waals surface area (Å²) in [6, 6.07) is 3.90. The lowest BCUT2D eigenvalue weighted by molar-refractivity contribution is 0.0523. The van der Waals surface area contributed by atoms with E-state index in [2.05, 4.69) is 10.6 Å². The van der Waals surface area contributed by atoms with Crippen molar-refractivity contribution in [2.45, 2.75) is 32.9 Å². The van der Waals surface area contributed by atoms with Crippen LogP contribution in [0.1, 0.15) is 26.3 Å². The predicted molar refractivity (Wildman–Crippen MR) is 88.5 cm³/mol. The van der Waals surface area contributed by atoms with Gasteiger partial charge in [0.1, 0.15) is 22.8 Å². The summed E-state index contributed by atoms with van der Waals surface area (Å²) in [7, 11) is 0. The number of halogens is 1. The van der Waals surface area contributed by atoms with Crippen molar-refractivity contribution in [3.8, 4) is 0 Å². The van der Waals surface area contributed by atoms with Crippen LogP contribution in [0.15, 0.2) is 27.8 Å². The quantitative estimate of drug-likeness (QED) is 0.735. The lowest BCUT2D eigenvalue weighted by atomic mass is 10.1. The lowest BCUT2D eigenvalue weighted by Gasteiger charge is -2.19. The summed E-state index contributed by atoms with van der Waals surface area (Å²) in [6.45, 7) is 5.21. The molecule has 128 valence electrons. The van der Waals surface area contributed by atoms with E-state index in [0.717, 1.165) is 6.07 Å². The molecule has 0 radical (unpaired) electrons. The van der Waals surface area contributed by atoms with E-state index in [-0.39, 0.29) is 23.6 Å². The van der Waals surface area contributed by atoms with Gasteiger partial charge in [0, 0.05) is 12.2 Å². The zero-order chi connectivity index (χ0) is 18.1. The Morgan fingerprint density at radius 2 is 1.88 bits per heavy atom. The summed E-state index contributed by atoms with van der Waals surface area (Å²) in [4.78, 5) is 34.1. The molecule has 1 amide bonds. The van der Waals surface area contributed by atoms with Gasteiger partial charge in [0.15, 0.2) is 0 Å². The number of rotatable bonds is 4. The smallest absolute Gasteiger partial charge is 0.407 e. The highest BCUT2D eigenvalue weighted by molar-refractivity contribution is 5.76. The second-order valence-corrected chi connectivity index (χ2v) is 6.28. The van der Waals surface area contributed by atoms with E-state index < -0.39 is 28.4 Å². The molecule has 0 saturated carbocycles. The Morgan fingerprint density at radius 3 is 2.46 bits per heavy atom. The number of nitrogen functional groups attached to an aromatic ring is 1. The molecule has 8 heteroatoms. The SMILES string of the molecule is CC(C)(C)OC(=O)NCc1cc(F)cc(Nc2c(N)c(=O)c2=O)c1. The second-order valence-electron chi connectivity index (χ2n) is 6.28. The van der Waals surface area contributed by atoms with Crippen molar-refractivity contribution in [2.75, 3.05) is 11.1 Å². The first-order valence-corrected chi connectivity index (χ1v) is 7.19. The fourth-order valence-corrected chi connectivity index (χ4v) is 1.99. The average Bonchev–Trinajstić information content (AvgIpc) is 2.47. The van der Waals surface area contributed by atoms with Gasteiger partial charge in [-0.05, 0) is 44.5 Å². The maximum atomic E-state index is 13.7. The fraction of sp³-hybridized carbons (Fsp3) is 0.312. The van der Waals surface area contributed by atoms with Gasteiger partial charge >= 0.3 is 6.09 Å². The maximum Gasteiger partial charge on any atom is 0.407 e. The third-order valence-corrected chi connectivity index (χ3v) is 3.01. The van der Waals surface area contributed by atoms with Crippen molar-refractivity contribution in [1.82, 2.24) is 5.32 Å². The fourth-order valence-electron chi connectivity index (χ4n) is 1.99. The van der Waals surface area contributed by atoms with Gasteiger partial charge in [-0.3, -0.25) is 9.59 Å². The molecule has 2 aromatic rings. The zero-order valence-electron chi connectivity index (χ0n) is 13.5. The molecular weight excluding hydrogens is 317 g/mol. The number of hydrogen-bond donors (Lipinski definition) is 3. The second kappa shape index (κ2) is 6.31. The van der Waals surface area contributed by atoms with Gasteiger partial charge in [-0.15, -0.1) is 0 Å². The third kappa shape index (κ3) is 4.09. The number of benzene rings is 1. The number of anilines is 3. The van der Waals surface area contributed by atoms with Crippen LogP contribution in [-0.4, -0.2) is 11.7 Å². The van der Waals surface area contributed by atoms with Gasteiger partial charge in [-0.25, -0.2) is 9.18 Å². The average molecular weight is 335 g/mol. The number of alkyl carbamates (subject to hydrolysis) is 1. The Hall–Kier alpha value is -2.90. The summed E-state index contributed by atoms with van der Waals surface area (Å²) in [5, 5.41) is 5.12. The Balaban J connectivity index is 2.08. The van der Waals surface area contributed by atoms with Crippen molar-refractivity contribution in [3.63, 3.8) is 0 Å². The van der Waals surface area contributed by atoms with Gasteiger partial charge in [-0.1, -0.05) is 0 Å². The number of carbonyl (C=O) groups excluding carboxylic acids is 1. The number of hydrogen-bond acceptors (Lipinski definition) is 6. The maximum absolute atomic E-state index is 13.7. The van der Waals surface area contributed by atoms with Crippen LogP contribution in [0.4, 0.5) is 26.2 Å². The lowest BCUT2D eigenvalue weighted by Crippen LogP contribution is -2.36. The standard InChI is InChI=1S/C16H18FN3O4/c1-16(2,3)24-15(23)19-7-8-4-9(17)6-10(5-8)20-12-11(18)13(21)14(12)22/h4-6,20H,7,18H2,1-3H3,(H,19,23). The largest absolute Gasteiger partial charge is 0.444 e. The van der Waals surface area contributed by atoms with Gasteiger partial charge in [-0.2, -0.15) is 0 Å². The van der Waals surface area contributed by atoms with E-state index in [9.17, 15) is 18.8 Å². The first-order valence-electron chi connectivity index (χ1n) is 7.19. The van der Waals surface area contributed by atoms with E-state index in [4.69, 9.17) is 10.5 Å². The molecule has 7 nitrogen and oxygen atoms in total. The summed E-state index contributed by atoms with van der Waals surface area (Å²) in [5.41, 5.74) is 3.72. The molecule has 0 saturated heterocycles. The van der Waals surface area contributed by atoms with Crippen LogP contribution in [0.5, 0.6) is 0 Å². The van der Waals surface area contributed by atoms with Gasteiger partial charge in [0.05, 0.1) is 0 Å². The normalized spacial score (nSPS) is 11.3. The minimum Gasteiger partial charge on any atom is -0.444 e. The predicted octanol–water partition coefficient (Wildman–Crippen LogP) is 1.77. The molecule has 0 aliphatic heterocycles. The van der Waals surface area contributed by atoms with Crippen molar-refractivity contribution in [1.29, 1.82) is 0 Å². The van der Waals surface area contributed by atoms with Crippen molar-refractivity contribution in [2.24, 2.45) is 0 Å². The van der Waals surface area contributed by atoms with E-state index in [0.29, 0.717) is 5.56 Å². The van der Waals surface area contributed by atoms with Crippen molar-refractivity contribution in [3.05, 3.63) is 50.0 Å². The number of nitrogens with two attached hydrogens (primary N) is 1. The molecule has 4 N–H and O–H groups in total. The molecule has 0 unspecified atom stereocenters. The molecule has 0 fully saturated rings. The summed E-state index contributed by atoms with van der Waals surface area (Å²) >= 11 is 0. The van der Waals surface area contributed by atoms with Crippen LogP contribution in [0.2, 0.25) is 0 Å². The van der Waals surface area contributed by atoms with Crippen LogP contribution in [-0.2, 0) is 11.3 Å². The molecule has 2 rings (SSSR count). The molecule has 0 aromatic heterocycles. The minimum absolute atomic E-state index is 0.0305. The van der Waals surface area contributed by atoms with E-state index in [1.807, 2.05) is 0 Å². The Morgan fingerprint density at radius 1 is 1.21 bits per heavy atom. The molecule has 24 heavy (non-hydrogen) atoms. The minimum atomic E-state index is -0.763. The zero-order valence-corrected chi connectivity index (χ0v) is 13.5. The number of carbonyl (C=O) groups is 1. The topological polar surface area (TPSA) is 111 Å². The molecule has 0 bridgehead atoms. The van der Waals surface area contributed by atoms with Gasteiger partial charge in [0.2, 0.25) is 0 Å². The Labute approximate surface area is 137 Å². The van der Waals surface area contributed by atoms with Crippen LogP contribution >= 0.6 is 0 Å². The van der Waals surface area contributed by atoms with Crippen LogP contribution < -0.4 is 27.2 Å². The van der Waals surface area contributed by atoms with Crippen molar-refractivity contribution >= 4 is 23.2 Å². The Kier molecular flexibility index (Phi) is 4.59. The third-order valence-electron chi connectivity index (χ3n) is 3.01. The molecule has 0 aliphatic rings. The number of amides is 1. The van der Waals surface area contributed by atoms with Crippen LogP contribution in [0, 0.1) is 5.82 Å². The van der Waals surface area contributed by atoms with E-state index >= 15 is 0 Å². The molecule has 0 atom stereocenters. The van der Waals surface area contributed by atoms with Crippen molar-refractivity contribution < 1.29 is 13.9 Å². The first-order chi connectivity index (χ1) is 11.1. The van der Waals surface area contributed by atoms with Crippen LogP contribution in [0.3, 0.4) is 0 Å². The monoisotopic (exact) mass is 335 g/mol. The van der Waals surface area contributed by atoms with Gasteiger partial charge in [0.25, 0.3) is 10.9 Å². The number of ether oxygens (including phenoxy) is 1. The molecular formula is C16H18FN3O4. The van der Waals surface area contributed by atoms with Crippen LogP contribution in [0.25, 0.3) is 0 Å². The molecule has 0 spiro atoms. The molecule has 2 aromatic carbocycles. The van der Waals surface area contributed by atoms with Gasteiger partial charge < -0.3 is 21.1 Å². The first kappa shape index (κ1) is 17.5. The summed E-state index contributed by atoms with van der Waals surface area (Å²) < 4.78 is 18.8. The highest BCUT2D eigenvalue weighted by Gasteiger charge is 2.19. The van der Waals surface area contributed by atoms with E-state index in [1.54, 1.807) is 20.8 Å². The summed E-state index contributed by atoms with van der Waals surface area (Å²) in [5.74, 6) is -0.571. The molecule has 0 aliphatic carbocycles. The highest BCUT2D eigenvalue weighted by atomic mass is 19.1. The van der Waals surface area contributed by atoms with E-state index in [1.165, 1.54) is 12.1 Å².